The molecule has 0 aliphatic rings. The summed E-state index contributed by atoms with van der Waals surface area (Å²) in [6.45, 7) is 1.24. The van der Waals surface area contributed by atoms with E-state index >= 15 is 0 Å². The molecule has 0 radical (unpaired) electrons. The van der Waals surface area contributed by atoms with Gasteiger partial charge in [-0.05, 0) is 6.07 Å². The molecule has 1 amide bonds. The van der Waals surface area contributed by atoms with Gasteiger partial charge in [0.15, 0.2) is 5.69 Å². The minimum absolute atomic E-state index is 0.188. The molecule has 0 unspecified atom stereocenters. The SMILES string of the molecule is NNC(=O)c1cn(CCn2cc(Cl)c3ccccc32)nn1. The third kappa shape index (κ3) is 2.61. The number of hydrazine groups is 1. The molecule has 1 aromatic carbocycles. The van der Waals surface area contributed by atoms with E-state index in [-0.39, 0.29) is 5.69 Å². The van der Waals surface area contributed by atoms with E-state index in [0.717, 1.165) is 10.9 Å². The highest BCUT2D eigenvalue weighted by atomic mass is 35.5. The van der Waals surface area contributed by atoms with Crippen molar-refractivity contribution in [3.8, 4) is 0 Å². The van der Waals surface area contributed by atoms with Crippen LogP contribution in [-0.2, 0) is 13.1 Å². The fourth-order valence-electron chi connectivity index (χ4n) is 2.18. The number of amides is 1. The molecule has 8 heteroatoms. The molecule has 0 atom stereocenters. The molecule has 21 heavy (non-hydrogen) atoms. The van der Waals surface area contributed by atoms with Gasteiger partial charge in [0.1, 0.15) is 0 Å². The molecule has 2 heterocycles. The highest BCUT2D eigenvalue weighted by Gasteiger charge is 2.10. The number of carbonyl (C=O) groups is 1. The Kier molecular flexibility index (Phi) is 3.59. The fraction of sp³-hybridized carbons (Fsp3) is 0.154. The van der Waals surface area contributed by atoms with Crippen LogP contribution < -0.4 is 11.3 Å². The van der Waals surface area contributed by atoms with Gasteiger partial charge >= 0.3 is 0 Å². The molecular weight excluding hydrogens is 292 g/mol. The van der Waals surface area contributed by atoms with Crippen molar-refractivity contribution in [3.05, 3.63) is 47.4 Å². The van der Waals surface area contributed by atoms with Crippen LogP contribution in [0.4, 0.5) is 0 Å². The Balaban J connectivity index is 1.77. The van der Waals surface area contributed by atoms with Gasteiger partial charge in [-0.3, -0.25) is 10.2 Å². The highest BCUT2D eigenvalue weighted by Crippen LogP contribution is 2.25. The first-order chi connectivity index (χ1) is 10.2. The summed E-state index contributed by atoms with van der Waals surface area (Å²) in [5.41, 5.74) is 3.26. The molecule has 0 fully saturated rings. The summed E-state index contributed by atoms with van der Waals surface area (Å²) in [6.07, 6.45) is 3.44. The van der Waals surface area contributed by atoms with Gasteiger partial charge in [0.05, 0.1) is 17.8 Å². The molecule has 2 aromatic heterocycles. The Morgan fingerprint density at radius 3 is 2.90 bits per heavy atom. The minimum Gasteiger partial charge on any atom is -0.344 e. The number of benzene rings is 1. The molecule has 0 saturated carbocycles. The monoisotopic (exact) mass is 304 g/mol. The number of aromatic nitrogens is 4. The number of hydrogen-bond donors (Lipinski definition) is 2. The van der Waals surface area contributed by atoms with Crippen molar-refractivity contribution in [2.45, 2.75) is 13.1 Å². The number of nitrogen functional groups attached to an aromatic ring is 1. The first-order valence-electron chi connectivity index (χ1n) is 6.33. The van der Waals surface area contributed by atoms with Gasteiger partial charge in [0.25, 0.3) is 5.91 Å². The first-order valence-corrected chi connectivity index (χ1v) is 6.71. The Hall–Kier alpha value is -2.38. The number of carbonyl (C=O) groups excluding carboxylic acids is 1. The zero-order valence-corrected chi connectivity index (χ0v) is 11.8. The van der Waals surface area contributed by atoms with Crippen LogP contribution in [0.25, 0.3) is 10.9 Å². The lowest BCUT2D eigenvalue weighted by atomic mass is 10.2. The summed E-state index contributed by atoms with van der Waals surface area (Å²) in [6, 6.07) is 7.91. The third-order valence-electron chi connectivity index (χ3n) is 3.21. The van der Waals surface area contributed by atoms with E-state index in [0.29, 0.717) is 18.1 Å². The van der Waals surface area contributed by atoms with Gasteiger partial charge in [0, 0.05) is 23.6 Å². The molecule has 0 aliphatic heterocycles. The van der Waals surface area contributed by atoms with Crippen LogP contribution in [0, 0.1) is 0 Å². The average molecular weight is 305 g/mol. The number of rotatable bonds is 4. The van der Waals surface area contributed by atoms with Crippen molar-refractivity contribution in [1.29, 1.82) is 0 Å². The molecule has 0 spiro atoms. The second-order valence-electron chi connectivity index (χ2n) is 4.53. The molecule has 0 aliphatic carbocycles. The van der Waals surface area contributed by atoms with Crippen molar-refractivity contribution < 1.29 is 4.79 Å². The number of fused-ring (bicyclic) bond motifs is 1. The largest absolute Gasteiger partial charge is 0.344 e. The van der Waals surface area contributed by atoms with Crippen molar-refractivity contribution >= 4 is 28.4 Å². The van der Waals surface area contributed by atoms with Crippen LogP contribution in [0.2, 0.25) is 5.02 Å². The van der Waals surface area contributed by atoms with Crippen LogP contribution in [0.15, 0.2) is 36.7 Å². The van der Waals surface area contributed by atoms with E-state index < -0.39 is 5.91 Å². The number of hydrogen-bond acceptors (Lipinski definition) is 4. The first kappa shape index (κ1) is 13.6. The number of para-hydroxylation sites is 1. The van der Waals surface area contributed by atoms with Crippen molar-refractivity contribution in [2.24, 2.45) is 5.84 Å². The van der Waals surface area contributed by atoms with Crippen molar-refractivity contribution in [3.63, 3.8) is 0 Å². The fourth-order valence-corrected chi connectivity index (χ4v) is 2.46. The van der Waals surface area contributed by atoms with Gasteiger partial charge in [0.2, 0.25) is 0 Å². The lowest BCUT2D eigenvalue weighted by Crippen LogP contribution is -2.30. The summed E-state index contributed by atoms with van der Waals surface area (Å²) in [5.74, 6) is 4.59. The normalized spacial score (nSPS) is 11.0. The second kappa shape index (κ2) is 5.55. The van der Waals surface area contributed by atoms with Crippen LogP contribution in [-0.4, -0.2) is 25.5 Å². The second-order valence-corrected chi connectivity index (χ2v) is 4.94. The number of nitrogens with one attached hydrogen (secondary N) is 1. The van der Waals surface area contributed by atoms with Crippen LogP contribution in [0.5, 0.6) is 0 Å². The van der Waals surface area contributed by atoms with Gasteiger partial charge < -0.3 is 4.57 Å². The van der Waals surface area contributed by atoms with Crippen LogP contribution in [0.3, 0.4) is 0 Å². The molecule has 3 rings (SSSR count). The standard InChI is InChI=1S/C13H13ClN6O/c14-10-7-19(12-4-2-1-3-9(10)12)5-6-20-8-11(17-18-20)13(21)16-15/h1-4,7-8H,5-6,15H2,(H,16,21). The van der Waals surface area contributed by atoms with Crippen molar-refractivity contribution in [1.82, 2.24) is 25.0 Å². The quantitative estimate of drug-likeness (QED) is 0.430. The van der Waals surface area contributed by atoms with Gasteiger partial charge in [-0.25, -0.2) is 10.5 Å². The smallest absolute Gasteiger partial charge is 0.287 e. The maximum Gasteiger partial charge on any atom is 0.287 e. The lowest BCUT2D eigenvalue weighted by Gasteiger charge is -2.04. The zero-order valence-electron chi connectivity index (χ0n) is 11.0. The molecule has 0 bridgehead atoms. The number of halogens is 1. The predicted molar refractivity (Wildman–Crippen MR) is 78.6 cm³/mol. The van der Waals surface area contributed by atoms with E-state index in [1.165, 1.54) is 0 Å². The van der Waals surface area contributed by atoms with Crippen molar-refractivity contribution in [2.75, 3.05) is 0 Å². The molecule has 108 valence electrons. The number of aryl methyl sites for hydroxylation is 2. The molecular formula is C13H13ClN6O. The van der Waals surface area contributed by atoms with Crippen LogP contribution in [0.1, 0.15) is 10.5 Å². The molecule has 3 N–H and O–H groups in total. The Morgan fingerprint density at radius 2 is 2.10 bits per heavy atom. The predicted octanol–water partition coefficient (Wildman–Crippen LogP) is 1.19. The van der Waals surface area contributed by atoms with E-state index in [1.54, 1.807) is 10.9 Å². The maximum atomic E-state index is 11.3. The van der Waals surface area contributed by atoms with E-state index in [1.807, 2.05) is 40.5 Å². The highest BCUT2D eigenvalue weighted by molar-refractivity contribution is 6.35. The topological polar surface area (TPSA) is 90.8 Å². The molecule has 3 aromatic rings. The Bertz CT molecular complexity index is 793. The number of nitrogens with zero attached hydrogens (tertiary/aromatic N) is 4. The number of nitrogens with two attached hydrogens (primary N) is 1. The average Bonchev–Trinajstić information content (AvgIpc) is 3.10. The molecule has 0 saturated heterocycles. The summed E-state index contributed by atoms with van der Waals surface area (Å²) in [5, 5.41) is 9.37. The van der Waals surface area contributed by atoms with E-state index in [9.17, 15) is 4.79 Å². The van der Waals surface area contributed by atoms with Gasteiger partial charge in [-0.2, -0.15) is 0 Å². The summed E-state index contributed by atoms with van der Waals surface area (Å²) in [4.78, 5) is 11.3. The summed E-state index contributed by atoms with van der Waals surface area (Å²) < 4.78 is 3.63. The Labute approximate surface area is 125 Å². The van der Waals surface area contributed by atoms with Gasteiger partial charge in [-0.1, -0.05) is 35.0 Å². The third-order valence-corrected chi connectivity index (χ3v) is 3.51. The maximum absolute atomic E-state index is 11.3. The minimum atomic E-state index is -0.462. The van der Waals surface area contributed by atoms with E-state index in [2.05, 4.69) is 10.3 Å². The summed E-state index contributed by atoms with van der Waals surface area (Å²) >= 11 is 6.20. The zero-order chi connectivity index (χ0) is 14.8. The lowest BCUT2D eigenvalue weighted by molar-refractivity contribution is 0.0948. The van der Waals surface area contributed by atoms with Crippen LogP contribution >= 0.6 is 11.6 Å². The van der Waals surface area contributed by atoms with E-state index in [4.69, 9.17) is 17.4 Å². The summed E-state index contributed by atoms with van der Waals surface area (Å²) in [7, 11) is 0. The molecule has 7 nitrogen and oxygen atoms in total. The Morgan fingerprint density at radius 1 is 1.29 bits per heavy atom. The van der Waals surface area contributed by atoms with Gasteiger partial charge in [-0.15, -0.1) is 5.10 Å².